The molecule has 36 heavy (non-hydrogen) atoms. The lowest BCUT2D eigenvalue weighted by atomic mass is 10.0. The number of hydrogen-bond acceptors (Lipinski definition) is 7. The molecule has 2 aromatic carbocycles. The Morgan fingerprint density at radius 3 is 2.78 bits per heavy atom. The van der Waals surface area contributed by atoms with Gasteiger partial charge in [-0.2, -0.15) is 5.10 Å². The molecule has 0 aliphatic carbocycles. The molecule has 9 nitrogen and oxygen atoms in total. The molecule has 0 saturated carbocycles. The number of hydrogen-bond donors (Lipinski definition) is 2. The van der Waals surface area contributed by atoms with Crippen LogP contribution in [0.2, 0.25) is 0 Å². The van der Waals surface area contributed by atoms with E-state index in [1.54, 1.807) is 31.3 Å². The minimum Gasteiger partial charge on any atom is -0.495 e. The van der Waals surface area contributed by atoms with Gasteiger partial charge in [0.15, 0.2) is 0 Å². The molecule has 1 aliphatic rings. The van der Waals surface area contributed by atoms with Gasteiger partial charge >= 0.3 is 0 Å². The molecule has 186 valence electrons. The third-order valence-corrected chi connectivity index (χ3v) is 6.48. The van der Waals surface area contributed by atoms with Crippen LogP contribution < -0.4 is 15.4 Å². The quantitative estimate of drug-likeness (QED) is 0.374. The first kappa shape index (κ1) is 23.8. The van der Waals surface area contributed by atoms with E-state index in [-0.39, 0.29) is 12.0 Å². The summed E-state index contributed by atoms with van der Waals surface area (Å²) in [6.45, 7) is 2.87. The van der Waals surface area contributed by atoms with Crippen LogP contribution in [0.15, 0.2) is 61.1 Å². The van der Waals surface area contributed by atoms with E-state index in [4.69, 9.17) is 9.47 Å². The van der Waals surface area contributed by atoms with Crippen LogP contribution in [0.25, 0.3) is 21.9 Å². The average Bonchev–Trinajstić information content (AvgIpc) is 3.35. The number of ether oxygens (including phenoxy) is 2. The zero-order chi connectivity index (χ0) is 25.1. The van der Waals surface area contributed by atoms with Gasteiger partial charge in [0.05, 0.1) is 31.6 Å². The van der Waals surface area contributed by atoms with Crippen LogP contribution in [0.3, 0.4) is 0 Å². The smallest absolute Gasteiger partial charge is 0.254 e. The maximum Gasteiger partial charge on any atom is 0.254 e. The Morgan fingerprint density at radius 2 is 2.00 bits per heavy atom. The summed E-state index contributed by atoms with van der Waals surface area (Å²) >= 11 is 0. The molecule has 0 atom stereocenters. The van der Waals surface area contributed by atoms with Crippen molar-refractivity contribution in [2.24, 2.45) is 0 Å². The Labute approximate surface area is 210 Å². The lowest BCUT2D eigenvalue weighted by Gasteiger charge is -2.38. The first-order chi connectivity index (χ1) is 17.6. The van der Waals surface area contributed by atoms with E-state index in [1.165, 1.54) is 0 Å². The van der Waals surface area contributed by atoms with Crippen LogP contribution in [-0.2, 0) is 11.3 Å². The summed E-state index contributed by atoms with van der Waals surface area (Å²) in [6, 6.07) is 13.6. The number of aromatic nitrogens is 3. The van der Waals surface area contributed by atoms with Crippen molar-refractivity contribution in [2.75, 3.05) is 46.2 Å². The number of nitrogens with one attached hydrogen (secondary N) is 2. The van der Waals surface area contributed by atoms with E-state index in [0.29, 0.717) is 30.2 Å². The molecule has 1 saturated heterocycles. The number of carbonyl (C=O) groups is 1. The second-order valence-electron chi connectivity index (χ2n) is 8.80. The lowest BCUT2D eigenvalue weighted by molar-refractivity contribution is -0.0192. The molecule has 2 N–H and O–H groups in total. The van der Waals surface area contributed by atoms with Gasteiger partial charge in [-0.15, -0.1) is 0 Å². The summed E-state index contributed by atoms with van der Waals surface area (Å²) in [5, 5.41) is 13.1. The molecule has 1 fully saturated rings. The van der Waals surface area contributed by atoms with Gasteiger partial charge in [-0.05, 0) is 42.3 Å². The number of rotatable bonds is 9. The predicted molar refractivity (Wildman–Crippen MR) is 140 cm³/mol. The highest BCUT2D eigenvalue weighted by Crippen LogP contribution is 2.33. The standard InChI is InChI=1S/C27H30N6O3/c1-28-9-10-33-15-20(14-30-33)22-6-4-5-19-13-29-26(12-23(19)22)31-24-8-7-18(11-25(24)36-3)27(34)32-16-21(17-32)35-2/h4-8,11-15,21,28H,9-10,16-17H2,1-3H3,(H,29,31). The first-order valence-corrected chi connectivity index (χ1v) is 11.9. The van der Waals surface area contributed by atoms with Gasteiger partial charge in [-0.3, -0.25) is 9.48 Å². The number of methoxy groups -OCH3 is 2. The fourth-order valence-electron chi connectivity index (χ4n) is 4.34. The van der Waals surface area contributed by atoms with Crippen LogP contribution >= 0.6 is 0 Å². The lowest BCUT2D eigenvalue weighted by Crippen LogP contribution is -2.54. The summed E-state index contributed by atoms with van der Waals surface area (Å²) in [5.74, 6) is 1.23. The van der Waals surface area contributed by atoms with Crippen molar-refractivity contribution in [1.82, 2.24) is 25.0 Å². The topological polar surface area (TPSA) is 93.5 Å². The number of benzene rings is 2. The normalized spacial score (nSPS) is 13.6. The number of pyridine rings is 1. The minimum absolute atomic E-state index is 0.0307. The highest BCUT2D eigenvalue weighted by molar-refractivity contribution is 5.98. The monoisotopic (exact) mass is 486 g/mol. The molecule has 0 unspecified atom stereocenters. The number of likely N-dealkylation sites (N-methyl/N-ethyl adjacent to an activating group) is 1. The maximum absolute atomic E-state index is 12.8. The second kappa shape index (κ2) is 10.3. The van der Waals surface area contributed by atoms with Gasteiger partial charge in [-0.25, -0.2) is 4.98 Å². The third-order valence-electron chi connectivity index (χ3n) is 6.48. The van der Waals surface area contributed by atoms with E-state index in [0.717, 1.165) is 40.7 Å². The molecule has 1 aliphatic heterocycles. The Hall–Kier alpha value is -3.95. The van der Waals surface area contributed by atoms with Crippen molar-refractivity contribution in [1.29, 1.82) is 0 Å². The van der Waals surface area contributed by atoms with Crippen molar-refractivity contribution in [3.05, 3.63) is 66.6 Å². The molecule has 1 amide bonds. The Kier molecular flexibility index (Phi) is 6.84. The van der Waals surface area contributed by atoms with Gasteiger partial charge in [0.1, 0.15) is 11.6 Å². The van der Waals surface area contributed by atoms with Crippen molar-refractivity contribution >= 4 is 28.2 Å². The zero-order valence-corrected chi connectivity index (χ0v) is 20.7. The number of carbonyl (C=O) groups excluding carboxylic acids is 1. The number of fused-ring (bicyclic) bond motifs is 1. The molecular formula is C27H30N6O3. The minimum atomic E-state index is -0.0307. The van der Waals surface area contributed by atoms with E-state index in [1.807, 2.05) is 48.4 Å². The Morgan fingerprint density at radius 1 is 1.14 bits per heavy atom. The Balaban J connectivity index is 1.40. The molecule has 4 aromatic rings. The summed E-state index contributed by atoms with van der Waals surface area (Å²) in [6.07, 6.45) is 5.92. The predicted octanol–water partition coefficient (Wildman–Crippen LogP) is 3.54. The maximum atomic E-state index is 12.8. The fourth-order valence-corrected chi connectivity index (χ4v) is 4.34. The summed E-state index contributed by atoms with van der Waals surface area (Å²) < 4.78 is 12.8. The van der Waals surface area contributed by atoms with Crippen LogP contribution in [0.4, 0.5) is 11.5 Å². The highest BCUT2D eigenvalue weighted by atomic mass is 16.5. The highest BCUT2D eigenvalue weighted by Gasteiger charge is 2.31. The van der Waals surface area contributed by atoms with E-state index >= 15 is 0 Å². The summed E-state index contributed by atoms with van der Waals surface area (Å²) in [7, 11) is 5.19. The van der Waals surface area contributed by atoms with Crippen LogP contribution in [-0.4, -0.2) is 72.6 Å². The number of likely N-dealkylation sites (tertiary alicyclic amines) is 1. The molecule has 2 aromatic heterocycles. The van der Waals surface area contributed by atoms with Crippen molar-refractivity contribution < 1.29 is 14.3 Å². The summed E-state index contributed by atoms with van der Waals surface area (Å²) in [4.78, 5) is 19.1. The van der Waals surface area contributed by atoms with Gasteiger partial charge in [0.25, 0.3) is 5.91 Å². The van der Waals surface area contributed by atoms with Crippen molar-refractivity contribution in [3.63, 3.8) is 0 Å². The molecular weight excluding hydrogens is 456 g/mol. The molecule has 0 spiro atoms. The largest absolute Gasteiger partial charge is 0.495 e. The SMILES string of the molecule is CNCCn1cc(-c2cccc3cnc(Nc4ccc(C(=O)N5CC(OC)C5)cc4OC)cc23)cn1. The number of amides is 1. The number of nitrogens with zero attached hydrogens (tertiary/aromatic N) is 4. The van der Waals surface area contributed by atoms with E-state index < -0.39 is 0 Å². The van der Waals surface area contributed by atoms with E-state index in [9.17, 15) is 4.79 Å². The van der Waals surface area contributed by atoms with Gasteiger partial charge < -0.3 is 25.0 Å². The molecule has 5 rings (SSSR count). The molecule has 0 radical (unpaired) electrons. The molecule has 9 heteroatoms. The van der Waals surface area contributed by atoms with E-state index in [2.05, 4.69) is 33.0 Å². The van der Waals surface area contributed by atoms with Crippen LogP contribution in [0.1, 0.15) is 10.4 Å². The average molecular weight is 487 g/mol. The van der Waals surface area contributed by atoms with Gasteiger partial charge in [0.2, 0.25) is 0 Å². The van der Waals surface area contributed by atoms with Crippen molar-refractivity contribution in [3.8, 4) is 16.9 Å². The zero-order valence-electron chi connectivity index (χ0n) is 20.7. The van der Waals surface area contributed by atoms with Crippen LogP contribution in [0, 0.1) is 0 Å². The van der Waals surface area contributed by atoms with Gasteiger partial charge in [0, 0.05) is 55.7 Å². The fraction of sp³-hybridized carbons (Fsp3) is 0.296. The van der Waals surface area contributed by atoms with Crippen molar-refractivity contribution in [2.45, 2.75) is 12.6 Å². The summed E-state index contributed by atoms with van der Waals surface area (Å²) in [5.41, 5.74) is 3.45. The third kappa shape index (κ3) is 4.75. The van der Waals surface area contributed by atoms with Gasteiger partial charge in [-0.1, -0.05) is 18.2 Å². The number of anilines is 2. The molecule has 0 bridgehead atoms. The first-order valence-electron chi connectivity index (χ1n) is 11.9. The Bertz CT molecular complexity index is 1380. The second-order valence-corrected chi connectivity index (χ2v) is 8.80. The molecule has 3 heterocycles. The van der Waals surface area contributed by atoms with Crippen LogP contribution in [0.5, 0.6) is 5.75 Å².